The van der Waals surface area contributed by atoms with Gasteiger partial charge in [-0.25, -0.2) is 9.59 Å². The fourth-order valence-corrected chi connectivity index (χ4v) is 2.38. The van der Waals surface area contributed by atoms with Crippen LogP contribution in [0.2, 0.25) is 5.02 Å². The van der Waals surface area contributed by atoms with Gasteiger partial charge in [0.25, 0.3) is 0 Å². The largest absolute Gasteiger partial charge is 0.478 e. The summed E-state index contributed by atoms with van der Waals surface area (Å²) in [4.78, 5) is 22.8. The van der Waals surface area contributed by atoms with Gasteiger partial charge in [-0.05, 0) is 35.9 Å². The summed E-state index contributed by atoms with van der Waals surface area (Å²) in [5, 5.41) is 9.53. The molecule has 0 unspecified atom stereocenters. The number of aromatic carboxylic acids is 1. The van der Waals surface area contributed by atoms with Crippen LogP contribution in [0.3, 0.4) is 0 Å². The Hall–Kier alpha value is -2.53. The molecule has 1 aromatic heterocycles. The topological polar surface area (TPSA) is 72.4 Å². The SMILES string of the molecule is O=C(O)c1ccc2c(c1)oc(=O)n2Cc1cccc(Cl)c1. The summed E-state index contributed by atoms with van der Waals surface area (Å²) in [6.45, 7) is 0.304. The Morgan fingerprint density at radius 1 is 1.24 bits per heavy atom. The van der Waals surface area contributed by atoms with Crippen LogP contribution >= 0.6 is 11.6 Å². The first-order valence-corrected chi connectivity index (χ1v) is 6.53. The third kappa shape index (κ3) is 2.55. The molecule has 1 heterocycles. The molecule has 0 saturated heterocycles. The average Bonchev–Trinajstić information content (AvgIpc) is 2.74. The number of aromatic nitrogens is 1. The van der Waals surface area contributed by atoms with Gasteiger partial charge in [0.15, 0.2) is 5.58 Å². The second kappa shape index (κ2) is 5.10. The minimum Gasteiger partial charge on any atom is -0.478 e. The minimum atomic E-state index is -1.07. The summed E-state index contributed by atoms with van der Waals surface area (Å²) >= 11 is 5.92. The van der Waals surface area contributed by atoms with E-state index in [1.54, 1.807) is 24.3 Å². The van der Waals surface area contributed by atoms with Crippen molar-refractivity contribution in [1.82, 2.24) is 4.57 Å². The van der Waals surface area contributed by atoms with Gasteiger partial charge in [-0.2, -0.15) is 0 Å². The number of hydrogen-bond acceptors (Lipinski definition) is 3. The molecule has 21 heavy (non-hydrogen) atoms. The maximum atomic E-state index is 11.9. The maximum Gasteiger partial charge on any atom is 0.420 e. The van der Waals surface area contributed by atoms with E-state index in [1.807, 2.05) is 6.07 Å². The van der Waals surface area contributed by atoms with Crippen LogP contribution in [0.5, 0.6) is 0 Å². The monoisotopic (exact) mass is 303 g/mol. The van der Waals surface area contributed by atoms with Crippen molar-refractivity contribution in [2.75, 3.05) is 0 Å². The van der Waals surface area contributed by atoms with Crippen LogP contribution in [-0.2, 0) is 6.54 Å². The van der Waals surface area contributed by atoms with Gasteiger partial charge in [0, 0.05) is 5.02 Å². The highest BCUT2D eigenvalue weighted by molar-refractivity contribution is 6.30. The summed E-state index contributed by atoms with van der Waals surface area (Å²) in [6.07, 6.45) is 0. The lowest BCUT2D eigenvalue weighted by atomic mass is 10.2. The second-order valence-electron chi connectivity index (χ2n) is 4.57. The molecule has 0 aliphatic carbocycles. The molecule has 0 spiro atoms. The highest BCUT2D eigenvalue weighted by Gasteiger charge is 2.12. The van der Waals surface area contributed by atoms with Gasteiger partial charge in [0.1, 0.15) is 0 Å². The van der Waals surface area contributed by atoms with E-state index >= 15 is 0 Å². The Bertz CT molecular complexity index is 894. The molecule has 2 aromatic carbocycles. The number of hydrogen-bond donors (Lipinski definition) is 1. The Kier molecular flexibility index (Phi) is 3.27. The molecule has 0 aliphatic heterocycles. The highest BCUT2D eigenvalue weighted by Crippen LogP contribution is 2.18. The standard InChI is InChI=1S/C15H10ClNO4/c16-11-3-1-2-9(6-11)8-17-12-5-4-10(14(18)19)7-13(12)21-15(17)20/h1-7H,8H2,(H,18,19). The molecule has 0 fully saturated rings. The van der Waals surface area contributed by atoms with E-state index in [0.717, 1.165) is 5.56 Å². The molecule has 0 atom stereocenters. The predicted molar refractivity (Wildman–Crippen MR) is 78.0 cm³/mol. The fraction of sp³-hybridized carbons (Fsp3) is 0.0667. The van der Waals surface area contributed by atoms with E-state index in [4.69, 9.17) is 21.1 Å². The van der Waals surface area contributed by atoms with Crippen LogP contribution in [0.15, 0.2) is 51.7 Å². The highest BCUT2D eigenvalue weighted by atomic mass is 35.5. The number of carbonyl (C=O) groups is 1. The lowest BCUT2D eigenvalue weighted by Gasteiger charge is -2.03. The Morgan fingerprint density at radius 2 is 2.05 bits per heavy atom. The van der Waals surface area contributed by atoms with Crippen molar-refractivity contribution in [3.05, 3.63) is 69.2 Å². The van der Waals surface area contributed by atoms with Gasteiger partial charge in [-0.15, -0.1) is 0 Å². The molecule has 106 valence electrons. The third-order valence-electron chi connectivity index (χ3n) is 3.14. The molecule has 1 N–H and O–H groups in total. The van der Waals surface area contributed by atoms with Crippen LogP contribution in [-0.4, -0.2) is 15.6 Å². The summed E-state index contributed by atoms with van der Waals surface area (Å²) < 4.78 is 6.54. The quantitative estimate of drug-likeness (QED) is 0.807. The van der Waals surface area contributed by atoms with Crippen LogP contribution in [0.1, 0.15) is 15.9 Å². The zero-order chi connectivity index (χ0) is 15.0. The number of benzene rings is 2. The smallest absolute Gasteiger partial charge is 0.420 e. The number of halogens is 1. The van der Waals surface area contributed by atoms with Crippen molar-refractivity contribution in [2.24, 2.45) is 0 Å². The number of nitrogens with zero attached hydrogens (tertiary/aromatic N) is 1. The summed E-state index contributed by atoms with van der Waals surface area (Å²) in [7, 11) is 0. The molecular weight excluding hydrogens is 294 g/mol. The minimum absolute atomic E-state index is 0.0751. The molecule has 0 radical (unpaired) electrons. The molecule has 5 nitrogen and oxygen atoms in total. The average molecular weight is 304 g/mol. The van der Waals surface area contributed by atoms with Crippen LogP contribution in [0.4, 0.5) is 0 Å². The van der Waals surface area contributed by atoms with Gasteiger partial charge >= 0.3 is 11.7 Å². The van der Waals surface area contributed by atoms with Crippen molar-refractivity contribution < 1.29 is 14.3 Å². The van der Waals surface area contributed by atoms with E-state index in [-0.39, 0.29) is 11.1 Å². The first-order chi connectivity index (χ1) is 10.0. The van der Waals surface area contributed by atoms with Crippen LogP contribution in [0.25, 0.3) is 11.1 Å². The molecule has 3 aromatic rings. The predicted octanol–water partition coefficient (Wildman–Crippen LogP) is 2.99. The fourth-order valence-electron chi connectivity index (χ4n) is 2.17. The molecule has 6 heteroatoms. The number of rotatable bonds is 3. The van der Waals surface area contributed by atoms with Crippen molar-refractivity contribution >= 4 is 28.7 Å². The Labute approximate surface area is 124 Å². The molecule has 3 rings (SSSR count). The van der Waals surface area contributed by atoms with Crippen molar-refractivity contribution in [2.45, 2.75) is 6.54 Å². The van der Waals surface area contributed by atoms with Gasteiger partial charge in [-0.1, -0.05) is 23.7 Å². The van der Waals surface area contributed by atoms with Crippen LogP contribution < -0.4 is 5.76 Å². The molecule has 0 aliphatic rings. The third-order valence-corrected chi connectivity index (χ3v) is 3.38. The van der Waals surface area contributed by atoms with E-state index < -0.39 is 11.7 Å². The zero-order valence-corrected chi connectivity index (χ0v) is 11.5. The van der Waals surface area contributed by atoms with Gasteiger partial charge in [-0.3, -0.25) is 4.57 Å². The van der Waals surface area contributed by atoms with Gasteiger partial charge < -0.3 is 9.52 Å². The zero-order valence-electron chi connectivity index (χ0n) is 10.7. The molecule has 0 amide bonds. The normalized spacial score (nSPS) is 10.9. The van der Waals surface area contributed by atoms with Crippen molar-refractivity contribution in [3.8, 4) is 0 Å². The summed E-state index contributed by atoms with van der Waals surface area (Å²) in [5.74, 6) is -1.60. The lowest BCUT2D eigenvalue weighted by molar-refractivity contribution is 0.0697. The number of oxazole rings is 1. The number of carboxylic acids is 1. The van der Waals surface area contributed by atoms with Crippen molar-refractivity contribution in [3.63, 3.8) is 0 Å². The van der Waals surface area contributed by atoms with Gasteiger partial charge in [0.05, 0.1) is 17.6 Å². The first kappa shape index (κ1) is 13.5. The Morgan fingerprint density at radius 3 is 2.76 bits per heavy atom. The molecular formula is C15H10ClNO4. The molecule has 0 bridgehead atoms. The van der Waals surface area contributed by atoms with Gasteiger partial charge in [0.2, 0.25) is 0 Å². The van der Waals surface area contributed by atoms with Crippen LogP contribution in [0, 0.1) is 0 Å². The van der Waals surface area contributed by atoms with E-state index in [1.165, 1.54) is 16.7 Å². The Balaban J connectivity index is 2.08. The van der Waals surface area contributed by atoms with E-state index in [2.05, 4.69) is 0 Å². The van der Waals surface area contributed by atoms with Crippen molar-refractivity contribution in [1.29, 1.82) is 0 Å². The van der Waals surface area contributed by atoms with E-state index in [0.29, 0.717) is 17.1 Å². The molecule has 0 saturated carbocycles. The second-order valence-corrected chi connectivity index (χ2v) is 5.01. The first-order valence-electron chi connectivity index (χ1n) is 6.16. The maximum absolute atomic E-state index is 11.9. The summed E-state index contributed by atoms with van der Waals surface area (Å²) in [6, 6.07) is 11.5. The summed E-state index contributed by atoms with van der Waals surface area (Å²) in [5.41, 5.74) is 1.73. The number of fused-ring (bicyclic) bond motifs is 1. The van der Waals surface area contributed by atoms with E-state index in [9.17, 15) is 9.59 Å². The number of carboxylic acid groups (broad SMARTS) is 1. The lowest BCUT2D eigenvalue weighted by Crippen LogP contribution is -2.14.